The van der Waals surface area contributed by atoms with Gasteiger partial charge in [-0.05, 0) is 39.3 Å². The van der Waals surface area contributed by atoms with E-state index in [1.807, 2.05) is 0 Å². The van der Waals surface area contributed by atoms with Gasteiger partial charge in [0.25, 0.3) is 5.78 Å². The van der Waals surface area contributed by atoms with Gasteiger partial charge >= 0.3 is 6.18 Å². The summed E-state index contributed by atoms with van der Waals surface area (Å²) in [6.45, 7) is 4.01. The van der Waals surface area contributed by atoms with E-state index in [0.717, 1.165) is 62.4 Å². The van der Waals surface area contributed by atoms with Crippen LogP contribution in [0.25, 0.3) is 16.9 Å². The summed E-state index contributed by atoms with van der Waals surface area (Å²) in [6.07, 6.45) is 0.632. The van der Waals surface area contributed by atoms with Crippen molar-refractivity contribution in [2.24, 2.45) is 0 Å². The molecule has 1 aliphatic heterocycles. The highest BCUT2D eigenvalue weighted by atomic mass is 35.5. The molecule has 3 heterocycles. The molecule has 190 valence electrons. The van der Waals surface area contributed by atoms with Gasteiger partial charge in [0.15, 0.2) is 0 Å². The Bertz CT molecular complexity index is 1160. The van der Waals surface area contributed by atoms with E-state index in [4.69, 9.17) is 16.3 Å². The molecule has 0 saturated carbocycles. The predicted octanol–water partition coefficient (Wildman–Crippen LogP) is 5.34. The largest absolute Gasteiger partial charge is 0.493 e. The molecule has 7 nitrogen and oxygen atoms in total. The average Bonchev–Trinajstić information content (AvgIpc) is 3.26. The van der Waals surface area contributed by atoms with Gasteiger partial charge in [0.2, 0.25) is 0 Å². The smallest absolute Gasteiger partial charge is 0.408 e. The van der Waals surface area contributed by atoms with Crippen LogP contribution in [0.15, 0.2) is 18.5 Å². The quantitative estimate of drug-likeness (QED) is 0.247. The van der Waals surface area contributed by atoms with E-state index < -0.39 is 46.0 Å². The minimum absolute atomic E-state index is 0.0357. The summed E-state index contributed by atoms with van der Waals surface area (Å²) in [4.78, 5) is 10.0. The molecule has 3 aromatic rings. The van der Waals surface area contributed by atoms with E-state index >= 15 is 8.78 Å². The molecule has 0 unspecified atom stereocenters. The second kappa shape index (κ2) is 10.5. The molecule has 4 rings (SSSR count). The minimum Gasteiger partial charge on any atom is -0.493 e. The Morgan fingerprint density at radius 3 is 2.46 bits per heavy atom. The van der Waals surface area contributed by atoms with Crippen molar-refractivity contribution in [2.45, 2.75) is 44.8 Å². The molecular formula is C22H24ClF5N6O. The third kappa shape index (κ3) is 5.75. The van der Waals surface area contributed by atoms with Crippen LogP contribution in [0.2, 0.25) is 5.15 Å². The Morgan fingerprint density at radius 1 is 1.11 bits per heavy atom. The lowest BCUT2D eigenvalue weighted by Gasteiger charge is -2.26. The minimum atomic E-state index is -4.65. The number of piperidine rings is 1. The summed E-state index contributed by atoms with van der Waals surface area (Å²) in [5.74, 6) is -2.70. The number of nitrogens with one attached hydrogen (secondary N) is 1. The van der Waals surface area contributed by atoms with Crippen molar-refractivity contribution in [3.63, 3.8) is 0 Å². The molecule has 1 fully saturated rings. The SMILES string of the molecule is C[C@@H](Nc1c(-c2c(F)cc(OCCCN3CCCCC3)cc2F)c(Cl)nc2ncnn12)C(F)(F)F. The molecule has 0 aliphatic carbocycles. The van der Waals surface area contributed by atoms with Crippen LogP contribution < -0.4 is 10.1 Å². The molecule has 0 amide bonds. The number of fused-ring (bicyclic) bond motifs is 1. The third-order valence-electron chi connectivity index (χ3n) is 5.83. The Balaban J connectivity index is 1.60. The number of hydrogen-bond donors (Lipinski definition) is 1. The monoisotopic (exact) mass is 518 g/mol. The first kappa shape index (κ1) is 25.4. The number of hydrogen-bond acceptors (Lipinski definition) is 6. The highest BCUT2D eigenvalue weighted by Gasteiger charge is 2.37. The van der Waals surface area contributed by atoms with Crippen LogP contribution in [0.4, 0.5) is 27.8 Å². The zero-order chi connectivity index (χ0) is 25.2. The molecule has 0 spiro atoms. The Labute approximate surface area is 203 Å². The molecule has 0 radical (unpaired) electrons. The predicted molar refractivity (Wildman–Crippen MR) is 121 cm³/mol. The van der Waals surface area contributed by atoms with Crippen LogP contribution in [-0.2, 0) is 0 Å². The number of ether oxygens (including phenoxy) is 1. The number of nitrogens with zero attached hydrogens (tertiary/aromatic N) is 5. The molecule has 13 heteroatoms. The number of alkyl halides is 3. The van der Waals surface area contributed by atoms with Crippen LogP contribution >= 0.6 is 11.6 Å². The van der Waals surface area contributed by atoms with Crippen LogP contribution in [-0.4, -0.2) is 62.9 Å². The lowest BCUT2D eigenvalue weighted by molar-refractivity contribution is -0.138. The summed E-state index contributed by atoms with van der Waals surface area (Å²) in [6, 6.07) is -0.142. The first-order chi connectivity index (χ1) is 16.6. The summed E-state index contributed by atoms with van der Waals surface area (Å²) in [5.41, 5.74) is -1.06. The Kier molecular flexibility index (Phi) is 7.60. The van der Waals surface area contributed by atoms with Crippen LogP contribution in [0, 0.1) is 11.6 Å². The van der Waals surface area contributed by atoms with Gasteiger partial charge in [0.1, 0.15) is 40.7 Å². The fraction of sp³-hybridized carbons (Fsp3) is 0.500. The second-order valence-electron chi connectivity index (χ2n) is 8.37. The Hall–Kier alpha value is -2.73. The molecule has 0 bridgehead atoms. The number of likely N-dealkylation sites (tertiary alicyclic amines) is 1. The summed E-state index contributed by atoms with van der Waals surface area (Å²) < 4.78 is 76.5. The van der Waals surface area contributed by atoms with Gasteiger partial charge in [0.05, 0.1) is 17.7 Å². The maximum atomic E-state index is 15.1. The van der Waals surface area contributed by atoms with Crippen molar-refractivity contribution in [3.05, 3.63) is 35.2 Å². The highest BCUT2D eigenvalue weighted by Crippen LogP contribution is 2.39. The van der Waals surface area contributed by atoms with Crippen molar-refractivity contribution < 1.29 is 26.7 Å². The summed E-state index contributed by atoms with van der Waals surface area (Å²) >= 11 is 6.17. The highest BCUT2D eigenvalue weighted by molar-refractivity contribution is 6.33. The molecule has 1 aliphatic rings. The molecule has 1 aromatic carbocycles. The van der Waals surface area contributed by atoms with Gasteiger partial charge in [-0.3, -0.25) is 0 Å². The van der Waals surface area contributed by atoms with Gasteiger partial charge in [-0.25, -0.2) is 8.78 Å². The third-order valence-corrected chi connectivity index (χ3v) is 6.10. The number of aromatic nitrogens is 4. The molecule has 2 aromatic heterocycles. The van der Waals surface area contributed by atoms with Crippen molar-refractivity contribution in [1.82, 2.24) is 24.5 Å². The number of anilines is 1. The molecule has 1 saturated heterocycles. The van der Waals surface area contributed by atoms with Gasteiger partial charge in [-0.15, -0.1) is 0 Å². The van der Waals surface area contributed by atoms with E-state index in [9.17, 15) is 13.2 Å². The second-order valence-corrected chi connectivity index (χ2v) is 8.73. The average molecular weight is 519 g/mol. The number of halogens is 6. The fourth-order valence-corrected chi connectivity index (χ4v) is 4.25. The lowest BCUT2D eigenvalue weighted by atomic mass is 10.1. The fourth-order valence-electron chi connectivity index (χ4n) is 3.99. The molecular weight excluding hydrogens is 495 g/mol. The van der Waals surface area contributed by atoms with E-state index in [2.05, 4.69) is 25.3 Å². The zero-order valence-electron chi connectivity index (χ0n) is 18.9. The van der Waals surface area contributed by atoms with E-state index in [-0.39, 0.29) is 18.1 Å². The lowest BCUT2D eigenvalue weighted by Crippen LogP contribution is -2.34. The van der Waals surface area contributed by atoms with E-state index in [1.54, 1.807) is 0 Å². The standard InChI is InChI=1S/C22H24ClF5N6O/c1-13(22(26,27)28)31-20-18(19(23)32-21-29-12-30-34(20)21)17-15(24)10-14(11-16(17)25)35-9-5-8-33-6-3-2-4-7-33/h10-13,31H,2-9H2,1H3/t13-/m1/s1. The summed E-state index contributed by atoms with van der Waals surface area (Å²) in [7, 11) is 0. The van der Waals surface area contributed by atoms with E-state index in [0.29, 0.717) is 6.42 Å². The van der Waals surface area contributed by atoms with Crippen LogP contribution in [0.1, 0.15) is 32.6 Å². The normalized spacial score (nSPS) is 16.0. The maximum absolute atomic E-state index is 15.1. The molecule has 1 N–H and O–H groups in total. The summed E-state index contributed by atoms with van der Waals surface area (Å²) in [5, 5.41) is 5.60. The van der Waals surface area contributed by atoms with Crippen molar-refractivity contribution in [2.75, 3.05) is 31.6 Å². The van der Waals surface area contributed by atoms with Crippen LogP contribution in [0.3, 0.4) is 0 Å². The number of benzene rings is 1. The van der Waals surface area contributed by atoms with E-state index in [1.165, 1.54) is 6.42 Å². The molecule has 1 atom stereocenters. The van der Waals surface area contributed by atoms with Crippen molar-refractivity contribution >= 4 is 23.2 Å². The maximum Gasteiger partial charge on any atom is 0.408 e. The van der Waals surface area contributed by atoms with Crippen molar-refractivity contribution in [1.29, 1.82) is 0 Å². The first-order valence-electron chi connectivity index (χ1n) is 11.2. The van der Waals surface area contributed by atoms with Gasteiger partial charge in [-0.2, -0.15) is 32.8 Å². The van der Waals surface area contributed by atoms with Gasteiger partial charge in [-0.1, -0.05) is 18.0 Å². The van der Waals surface area contributed by atoms with Gasteiger partial charge < -0.3 is 15.0 Å². The number of rotatable bonds is 8. The van der Waals surface area contributed by atoms with Gasteiger partial charge in [0, 0.05) is 18.7 Å². The molecule has 35 heavy (non-hydrogen) atoms. The topological polar surface area (TPSA) is 67.6 Å². The zero-order valence-corrected chi connectivity index (χ0v) is 19.6. The van der Waals surface area contributed by atoms with Crippen LogP contribution in [0.5, 0.6) is 5.75 Å². The van der Waals surface area contributed by atoms with Crippen molar-refractivity contribution in [3.8, 4) is 16.9 Å². The Morgan fingerprint density at radius 2 is 1.80 bits per heavy atom. The first-order valence-corrected chi connectivity index (χ1v) is 11.6.